The molecule has 5 heteroatoms. The van der Waals surface area contributed by atoms with Gasteiger partial charge in [0.25, 0.3) is 0 Å². The number of nitrogens with zero attached hydrogens (tertiary/aromatic N) is 1. The van der Waals surface area contributed by atoms with Crippen LogP contribution in [0.4, 0.5) is 0 Å². The summed E-state index contributed by atoms with van der Waals surface area (Å²) in [5.74, 6) is 1.60. The van der Waals surface area contributed by atoms with E-state index < -0.39 is 0 Å². The fraction of sp³-hybridized carbons (Fsp3) is 0.533. The first-order valence-corrected chi connectivity index (χ1v) is 7.71. The second-order valence-corrected chi connectivity index (χ2v) is 6.18. The van der Waals surface area contributed by atoms with Crippen molar-refractivity contribution in [2.45, 2.75) is 6.92 Å². The van der Waals surface area contributed by atoms with Crippen LogP contribution in [0.1, 0.15) is 6.92 Å². The van der Waals surface area contributed by atoms with Gasteiger partial charge in [-0.25, -0.2) is 0 Å². The van der Waals surface area contributed by atoms with E-state index in [0.717, 1.165) is 23.3 Å². The van der Waals surface area contributed by atoms with Gasteiger partial charge in [-0.3, -0.25) is 4.79 Å². The first-order valence-electron chi connectivity index (χ1n) is 6.92. The maximum atomic E-state index is 12.2. The Morgan fingerprint density at radius 2 is 2.10 bits per heavy atom. The molecule has 110 valence electrons. The van der Waals surface area contributed by atoms with Crippen LogP contribution >= 0.6 is 15.9 Å². The predicted molar refractivity (Wildman–Crippen MR) is 82.8 cm³/mol. The third-order valence-corrected chi connectivity index (χ3v) is 4.32. The van der Waals surface area contributed by atoms with Crippen LogP contribution in [0, 0.1) is 11.8 Å². The lowest BCUT2D eigenvalue weighted by molar-refractivity contribution is -0.136. The van der Waals surface area contributed by atoms with Crippen molar-refractivity contribution in [2.24, 2.45) is 11.8 Å². The second-order valence-electron chi connectivity index (χ2n) is 5.27. The minimum atomic E-state index is 0.0916. The number of carbonyl (C=O) groups excluding carboxylic acids is 1. The summed E-state index contributed by atoms with van der Waals surface area (Å²) in [4.78, 5) is 14.0. The fourth-order valence-electron chi connectivity index (χ4n) is 2.16. The summed E-state index contributed by atoms with van der Waals surface area (Å²) >= 11 is 3.38. The van der Waals surface area contributed by atoms with Gasteiger partial charge in [-0.1, -0.05) is 22.9 Å². The number of rotatable bonds is 6. The predicted octanol–water partition coefficient (Wildman–Crippen LogP) is 2.14. The zero-order chi connectivity index (χ0) is 14.5. The summed E-state index contributed by atoms with van der Waals surface area (Å²) < 4.78 is 6.66. The van der Waals surface area contributed by atoms with Crippen LogP contribution in [0.3, 0.4) is 0 Å². The zero-order valence-electron chi connectivity index (χ0n) is 11.9. The minimum Gasteiger partial charge on any atom is -0.492 e. The quantitative estimate of drug-likeness (QED) is 0.862. The number of nitrogens with one attached hydrogen (secondary N) is 1. The standard InChI is InChI=1S/C15H21BrN2O2/c1-11(12-9-17-10-12)15(19)18(2)7-8-20-14-5-3-13(16)4-6-14/h3-6,11-12,17H,7-10H2,1-2H3. The molecule has 0 radical (unpaired) electrons. The third kappa shape index (κ3) is 3.96. The Morgan fingerprint density at radius 1 is 1.45 bits per heavy atom. The molecule has 1 fully saturated rings. The molecular formula is C15H21BrN2O2. The van der Waals surface area contributed by atoms with Gasteiger partial charge in [0.2, 0.25) is 5.91 Å². The molecule has 0 spiro atoms. The highest BCUT2D eigenvalue weighted by molar-refractivity contribution is 9.10. The SMILES string of the molecule is CC(C(=O)N(C)CCOc1ccc(Br)cc1)C1CNC1. The monoisotopic (exact) mass is 340 g/mol. The Hall–Kier alpha value is -1.07. The van der Waals surface area contributed by atoms with Crippen molar-refractivity contribution in [2.75, 3.05) is 33.3 Å². The normalized spacial score (nSPS) is 16.4. The van der Waals surface area contributed by atoms with Gasteiger partial charge in [0.15, 0.2) is 0 Å². The first kappa shape index (κ1) is 15.3. The summed E-state index contributed by atoms with van der Waals surface area (Å²) in [7, 11) is 1.84. The summed E-state index contributed by atoms with van der Waals surface area (Å²) in [5.41, 5.74) is 0. The lowest BCUT2D eigenvalue weighted by atomic mass is 9.88. The average Bonchev–Trinajstić information content (AvgIpc) is 2.38. The third-order valence-electron chi connectivity index (χ3n) is 3.79. The molecular weight excluding hydrogens is 320 g/mol. The number of hydrogen-bond donors (Lipinski definition) is 1. The molecule has 1 saturated heterocycles. The molecule has 1 heterocycles. The number of halogens is 1. The molecule has 1 amide bonds. The van der Waals surface area contributed by atoms with E-state index in [4.69, 9.17) is 4.74 Å². The molecule has 1 unspecified atom stereocenters. The van der Waals surface area contributed by atoms with Gasteiger partial charge in [0, 0.05) is 17.4 Å². The highest BCUT2D eigenvalue weighted by Gasteiger charge is 2.30. The highest BCUT2D eigenvalue weighted by Crippen LogP contribution is 2.18. The van der Waals surface area contributed by atoms with Crippen molar-refractivity contribution in [3.05, 3.63) is 28.7 Å². The van der Waals surface area contributed by atoms with Crippen LogP contribution in [0.25, 0.3) is 0 Å². The van der Waals surface area contributed by atoms with E-state index in [1.54, 1.807) is 4.90 Å². The van der Waals surface area contributed by atoms with E-state index >= 15 is 0 Å². The van der Waals surface area contributed by atoms with Gasteiger partial charge < -0.3 is 15.0 Å². The number of carbonyl (C=O) groups is 1. The van der Waals surface area contributed by atoms with Crippen LogP contribution in [0.5, 0.6) is 5.75 Å². The van der Waals surface area contributed by atoms with Crippen LogP contribution in [0.2, 0.25) is 0 Å². The van der Waals surface area contributed by atoms with Gasteiger partial charge in [0.05, 0.1) is 6.54 Å². The summed E-state index contributed by atoms with van der Waals surface area (Å²) in [6.07, 6.45) is 0. The van der Waals surface area contributed by atoms with Gasteiger partial charge in [-0.2, -0.15) is 0 Å². The smallest absolute Gasteiger partial charge is 0.225 e. The van der Waals surface area contributed by atoms with E-state index in [1.165, 1.54) is 0 Å². The molecule has 1 aliphatic rings. The molecule has 0 bridgehead atoms. The Balaban J connectivity index is 1.72. The van der Waals surface area contributed by atoms with E-state index in [0.29, 0.717) is 19.1 Å². The van der Waals surface area contributed by atoms with Gasteiger partial charge in [0.1, 0.15) is 12.4 Å². The maximum absolute atomic E-state index is 12.2. The van der Waals surface area contributed by atoms with E-state index in [1.807, 2.05) is 38.2 Å². The molecule has 0 saturated carbocycles. The number of benzene rings is 1. The summed E-state index contributed by atoms with van der Waals surface area (Å²) in [6, 6.07) is 7.70. The number of amides is 1. The Kier molecular flexibility index (Phi) is 5.43. The molecule has 1 aliphatic heterocycles. The topological polar surface area (TPSA) is 41.6 Å². The van der Waals surface area contributed by atoms with Gasteiger partial charge in [-0.05, 0) is 43.3 Å². The molecule has 1 atom stereocenters. The molecule has 0 aromatic heterocycles. The highest BCUT2D eigenvalue weighted by atomic mass is 79.9. The number of likely N-dealkylation sites (N-methyl/N-ethyl adjacent to an activating group) is 1. The molecule has 0 aliphatic carbocycles. The Labute approximate surface area is 128 Å². The van der Waals surface area contributed by atoms with E-state index in [2.05, 4.69) is 21.2 Å². The average molecular weight is 341 g/mol. The fourth-order valence-corrected chi connectivity index (χ4v) is 2.42. The molecule has 2 rings (SSSR count). The van der Waals surface area contributed by atoms with Gasteiger partial charge in [-0.15, -0.1) is 0 Å². The Morgan fingerprint density at radius 3 is 2.65 bits per heavy atom. The molecule has 4 nitrogen and oxygen atoms in total. The zero-order valence-corrected chi connectivity index (χ0v) is 13.5. The van der Waals surface area contributed by atoms with Crippen molar-refractivity contribution in [3.8, 4) is 5.75 Å². The number of hydrogen-bond acceptors (Lipinski definition) is 3. The minimum absolute atomic E-state index is 0.0916. The Bertz CT molecular complexity index is 446. The summed E-state index contributed by atoms with van der Waals surface area (Å²) in [5, 5.41) is 3.21. The second kappa shape index (κ2) is 7.09. The van der Waals surface area contributed by atoms with Crippen molar-refractivity contribution >= 4 is 21.8 Å². The lowest BCUT2D eigenvalue weighted by Gasteiger charge is -2.33. The molecule has 20 heavy (non-hydrogen) atoms. The van der Waals surface area contributed by atoms with E-state index in [9.17, 15) is 4.79 Å². The van der Waals surface area contributed by atoms with Crippen LogP contribution in [-0.4, -0.2) is 44.1 Å². The summed E-state index contributed by atoms with van der Waals surface area (Å²) in [6.45, 7) is 5.05. The van der Waals surface area contributed by atoms with Crippen molar-refractivity contribution in [1.29, 1.82) is 0 Å². The first-order chi connectivity index (χ1) is 9.58. The van der Waals surface area contributed by atoms with Crippen LogP contribution in [0.15, 0.2) is 28.7 Å². The van der Waals surface area contributed by atoms with Crippen LogP contribution < -0.4 is 10.1 Å². The molecule has 1 aromatic carbocycles. The molecule has 1 N–H and O–H groups in total. The van der Waals surface area contributed by atoms with Gasteiger partial charge >= 0.3 is 0 Å². The maximum Gasteiger partial charge on any atom is 0.225 e. The lowest BCUT2D eigenvalue weighted by Crippen LogP contribution is -2.50. The van der Waals surface area contributed by atoms with Crippen molar-refractivity contribution in [1.82, 2.24) is 10.2 Å². The van der Waals surface area contributed by atoms with Crippen molar-refractivity contribution in [3.63, 3.8) is 0 Å². The van der Waals surface area contributed by atoms with Crippen LogP contribution in [-0.2, 0) is 4.79 Å². The van der Waals surface area contributed by atoms with E-state index in [-0.39, 0.29) is 11.8 Å². The van der Waals surface area contributed by atoms with Crippen molar-refractivity contribution < 1.29 is 9.53 Å². The largest absolute Gasteiger partial charge is 0.492 e. The molecule has 1 aromatic rings. The number of ether oxygens (including phenoxy) is 1.